The largest absolute Gasteiger partial charge is 0.356 e. The number of rotatable bonds is 3. The fourth-order valence-corrected chi connectivity index (χ4v) is 4.45. The molecular weight excluding hydrogens is 344 g/mol. The summed E-state index contributed by atoms with van der Waals surface area (Å²) in [6, 6.07) is 17.1. The second-order valence-electron chi connectivity index (χ2n) is 7.38. The van der Waals surface area contributed by atoms with Crippen molar-refractivity contribution in [2.45, 2.75) is 31.2 Å². The van der Waals surface area contributed by atoms with Gasteiger partial charge in [0.1, 0.15) is 5.88 Å². The van der Waals surface area contributed by atoms with E-state index in [9.17, 15) is 4.79 Å². The second kappa shape index (κ2) is 6.17. The highest BCUT2D eigenvalue weighted by Gasteiger charge is 2.34. The fourth-order valence-electron chi connectivity index (χ4n) is 4.30. The number of amides is 1. The number of nitrogens with zero attached hydrogens (tertiary/aromatic N) is 1. The van der Waals surface area contributed by atoms with Crippen LogP contribution in [0, 0.1) is 0 Å². The zero-order chi connectivity index (χ0) is 17.7. The van der Waals surface area contributed by atoms with Gasteiger partial charge in [-0.05, 0) is 47.9 Å². The molecule has 0 radical (unpaired) electrons. The number of benzene rings is 2. The van der Waals surface area contributed by atoms with Gasteiger partial charge in [-0.25, -0.2) is 0 Å². The Kier molecular flexibility index (Phi) is 3.79. The number of nitrogens with one attached hydrogen (secondary N) is 1. The van der Waals surface area contributed by atoms with Crippen molar-refractivity contribution in [2.24, 2.45) is 0 Å². The average molecular weight is 365 g/mol. The first-order valence-corrected chi connectivity index (χ1v) is 9.84. The molecule has 1 atom stereocenters. The molecule has 1 aliphatic heterocycles. The lowest BCUT2D eigenvalue weighted by atomic mass is 9.91. The summed E-state index contributed by atoms with van der Waals surface area (Å²) in [7, 11) is 0. The van der Waals surface area contributed by atoms with Crippen LogP contribution in [0.4, 0.5) is 0 Å². The Balaban J connectivity index is 1.63. The Bertz CT molecular complexity index is 971. The van der Waals surface area contributed by atoms with Crippen molar-refractivity contribution in [2.75, 3.05) is 12.4 Å². The minimum atomic E-state index is -0.0920. The van der Waals surface area contributed by atoms with Crippen LogP contribution in [0.1, 0.15) is 47.2 Å². The van der Waals surface area contributed by atoms with E-state index in [1.54, 1.807) is 0 Å². The van der Waals surface area contributed by atoms with Gasteiger partial charge in [0.05, 0.1) is 6.04 Å². The SMILES string of the molecule is O=C(CCl)N1CCc2c([nH]c3ccccc23)[C@@H]1c1ccc(C2CC2)cc1. The number of H-pyrrole nitrogens is 1. The molecule has 0 spiro atoms. The van der Waals surface area contributed by atoms with Gasteiger partial charge in [-0.2, -0.15) is 0 Å². The molecule has 3 nitrogen and oxygen atoms in total. The first-order valence-electron chi connectivity index (χ1n) is 9.31. The molecule has 1 aromatic heterocycles. The quantitative estimate of drug-likeness (QED) is 0.668. The Morgan fingerprint density at radius 2 is 1.81 bits per heavy atom. The topological polar surface area (TPSA) is 36.1 Å². The third-order valence-corrected chi connectivity index (χ3v) is 6.00. The number of fused-ring (bicyclic) bond motifs is 3. The molecule has 0 unspecified atom stereocenters. The van der Waals surface area contributed by atoms with Crippen LogP contribution in [-0.4, -0.2) is 28.2 Å². The van der Waals surface area contributed by atoms with E-state index in [1.165, 1.54) is 29.4 Å². The van der Waals surface area contributed by atoms with E-state index in [2.05, 4.69) is 47.4 Å². The first kappa shape index (κ1) is 16.0. The van der Waals surface area contributed by atoms with Crippen LogP contribution in [0.5, 0.6) is 0 Å². The summed E-state index contributed by atoms with van der Waals surface area (Å²) < 4.78 is 0. The molecule has 0 saturated heterocycles. The molecule has 26 heavy (non-hydrogen) atoms. The Morgan fingerprint density at radius 1 is 1.08 bits per heavy atom. The Hall–Kier alpha value is -2.26. The molecule has 1 aliphatic carbocycles. The molecule has 132 valence electrons. The summed E-state index contributed by atoms with van der Waals surface area (Å²) in [5.41, 5.74) is 6.17. The minimum absolute atomic E-state index is 0.00718. The Labute approximate surface area is 158 Å². The van der Waals surface area contributed by atoms with Crippen molar-refractivity contribution in [3.8, 4) is 0 Å². The lowest BCUT2D eigenvalue weighted by molar-refractivity contribution is -0.130. The maximum Gasteiger partial charge on any atom is 0.238 e. The summed E-state index contributed by atoms with van der Waals surface area (Å²) in [6.45, 7) is 0.704. The van der Waals surface area contributed by atoms with Crippen molar-refractivity contribution in [1.29, 1.82) is 0 Å². The van der Waals surface area contributed by atoms with Crippen molar-refractivity contribution in [1.82, 2.24) is 9.88 Å². The highest BCUT2D eigenvalue weighted by molar-refractivity contribution is 6.27. The predicted octanol–water partition coefficient (Wildman–Crippen LogP) is 4.76. The molecule has 5 rings (SSSR count). The van der Waals surface area contributed by atoms with E-state index in [1.807, 2.05) is 11.0 Å². The standard InChI is InChI=1S/C22H21ClN2O/c23-13-20(26)25-12-11-18-17-3-1-2-4-19(17)24-21(18)22(25)16-9-7-15(8-10-16)14-5-6-14/h1-4,7-10,14,22,24H,5-6,11-13H2/t22-/m0/s1. The Morgan fingerprint density at radius 3 is 2.54 bits per heavy atom. The molecule has 2 heterocycles. The van der Waals surface area contributed by atoms with Crippen LogP contribution in [0.25, 0.3) is 10.9 Å². The maximum atomic E-state index is 12.5. The van der Waals surface area contributed by atoms with E-state index in [0.29, 0.717) is 6.54 Å². The number of halogens is 1. The van der Waals surface area contributed by atoms with E-state index < -0.39 is 0 Å². The number of para-hydroxylation sites is 1. The van der Waals surface area contributed by atoms with Crippen molar-refractivity contribution in [3.05, 3.63) is 70.9 Å². The van der Waals surface area contributed by atoms with Gasteiger partial charge in [0, 0.05) is 23.1 Å². The second-order valence-corrected chi connectivity index (χ2v) is 7.64. The number of carbonyl (C=O) groups excluding carboxylic acids is 1. The summed E-state index contributed by atoms with van der Waals surface area (Å²) in [5, 5.41) is 1.26. The lowest BCUT2D eigenvalue weighted by Gasteiger charge is -2.36. The van der Waals surface area contributed by atoms with Gasteiger partial charge in [-0.15, -0.1) is 11.6 Å². The summed E-state index contributed by atoms with van der Waals surface area (Å²) in [4.78, 5) is 18.1. The molecule has 1 N–H and O–H groups in total. The lowest BCUT2D eigenvalue weighted by Crippen LogP contribution is -2.41. The van der Waals surface area contributed by atoms with Crippen LogP contribution >= 0.6 is 11.6 Å². The van der Waals surface area contributed by atoms with Crippen LogP contribution < -0.4 is 0 Å². The maximum absolute atomic E-state index is 12.5. The number of hydrogen-bond acceptors (Lipinski definition) is 1. The summed E-state index contributed by atoms with van der Waals surface area (Å²) in [6.07, 6.45) is 3.45. The van der Waals surface area contributed by atoms with Gasteiger partial charge in [0.15, 0.2) is 0 Å². The van der Waals surface area contributed by atoms with Crippen LogP contribution in [0.3, 0.4) is 0 Å². The fraction of sp³-hybridized carbons (Fsp3) is 0.318. The molecule has 1 amide bonds. The number of aromatic nitrogens is 1. The molecule has 1 fully saturated rings. The van der Waals surface area contributed by atoms with Crippen molar-refractivity contribution < 1.29 is 4.79 Å². The molecule has 2 aliphatic rings. The molecule has 0 bridgehead atoms. The number of aromatic amines is 1. The summed E-state index contributed by atoms with van der Waals surface area (Å²) in [5.74, 6) is 0.749. The van der Waals surface area contributed by atoms with Crippen LogP contribution in [-0.2, 0) is 11.2 Å². The smallest absolute Gasteiger partial charge is 0.238 e. The predicted molar refractivity (Wildman–Crippen MR) is 105 cm³/mol. The van der Waals surface area contributed by atoms with E-state index >= 15 is 0 Å². The van der Waals surface area contributed by atoms with Crippen LogP contribution in [0.2, 0.25) is 0 Å². The number of hydrogen-bond donors (Lipinski definition) is 1. The van der Waals surface area contributed by atoms with Crippen molar-refractivity contribution in [3.63, 3.8) is 0 Å². The van der Waals surface area contributed by atoms with Gasteiger partial charge in [-0.1, -0.05) is 42.5 Å². The van der Waals surface area contributed by atoms with Gasteiger partial charge in [0.2, 0.25) is 5.91 Å². The zero-order valence-electron chi connectivity index (χ0n) is 14.5. The zero-order valence-corrected chi connectivity index (χ0v) is 15.3. The van der Waals surface area contributed by atoms with Gasteiger partial charge < -0.3 is 9.88 Å². The van der Waals surface area contributed by atoms with Gasteiger partial charge in [0.25, 0.3) is 0 Å². The minimum Gasteiger partial charge on any atom is -0.356 e. The highest BCUT2D eigenvalue weighted by atomic mass is 35.5. The summed E-state index contributed by atoms with van der Waals surface area (Å²) >= 11 is 5.92. The van der Waals surface area contributed by atoms with Crippen LogP contribution in [0.15, 0.2) is 48.5 Å². The molecular formula is C22H21ClN2O. The third-order valence-electron chi connectivity index (χ3n) is 5.77. The average Bonchev–Trinajstić information content (AvgIpc) is 3.47. The third kappa shape index (κ3) is 2.53. The molecule has 4 heteroatoms. The number of alkyl halides is 1. The van der Waals surface area contributed by atoms with Gasteiger partial charge >= 0.3 is 0 Å². The van der Waals surface area contributed by atoms with E-state index in [-0.39, 0.29) is 17.8 Å². The monoisotopic (exact) mass is 364 g/mol. The highest BCUT2D eigenvalue weighted by Crippen LogP contribution is 2.42. The van der Waals surface area contributed by atoms with Crippen molar-refractivity contribution >= 4 is 28.4 Å². The molecule has 3 aromatic rings. The van der Waals surface area contributed by atoms with E-state index in [4.69, 9.17) is 11.6 Å². The molecule has 1 saturated carbocycles. The normalized spacial score (nSPS) is 19.6. The van der Waals surface area contributed by atoms with Gasteiger partial charge in [-0.3, -0.25) is 4.79 Å². The molecule has 2 aromatic carbocycles. The number of carbonyl (C=O) groups is 1. The first-order chi connectivity index (χ1) is 12.8. The van der Waals surface area contributed by atoms with E-state index in [0.717, 1.165) is 29.1 Å².